The highest BCUT2D eigenvalue weighted by atomic mass is 19.3. The Hall–Kier alpha value is -1.46. The molecule has 22 heavy (non-hydrogen) atoms. The minimum atomic E-state index is -2.51. The molecule has 1 unspecified atom stereocenters. The van der Waals surface area contributed by atoms with Gasteiger partial charge in [0, 0.05) is 18.8 Å². The Balaban J connectivity index is 2.19. The van der Waals surface area contributed by atoms with E-state index in [1.807, 2.05) is 4.90 Å². The maximum atomic E-state index is 12.8. The van der Waals surface area contributed by atoms with Gasteiger partial charge in [0.25, 0.3) is 12.3 Å². The summed E-state index contributed by atoms with van der Waals surface area (Å²) < 4.78 is 26.4. The molecule has 1 atom stereocenters. The van der Waals surface area contributed by atoms with E-state index in [-0.39, 0.29) is 17.6 Å². The summed E-state index contributed by atoms with van der Waals surface area (Å²) in [4.78, 5) is 14.7. The van der Waals surface area contributed by atoms with E-state index in [9.17, 15) is 13.6 Å². The number of hydrogen-bond acceptors (Lipinski definition) is 2. The summed E-state index contributed by atoms with van der Waals surface area (Å²) in [7, 11) is 0. The Bertz CT molecular complexity index is 487. The zero-order valence-corrected chi connectivity index (χ0v) is 13.3. The van der Waals surface area contributed by atoms with Crippen LogP contribution in [0.25, 0.3) is 0 Å². The van der Waals surface area contributed by atoms with Crippen molar-refractivity contribution in [1.82, 2.24) is 14.7 Å². The van der Waals surface area contributed by atoms with Crippen LogP contribution in [0.5, 0.6) is 0 Å². The summed E-state index contributed by atoms with van der Waals surface area (Å²) in [5.41, 5.74) is 0.274. The van der Waals surface area contributed by atoms with Crippen molar-refractivity contribution in [3.05, 3.63) is 18.0 Å². The van der Waals surface area contributed by atoms with Gasteiger partial charge in [0.15, 0.2) is 0 Å². The van der Waals surface area contributed by atoms with Gasteiger partial charge in [-0.15, -0.1) is 0 Å². The first-order chi connectivity index (χ1) is 10.5. The van der Waals surface area contributed by atoms with Gasteiger partial charge in [-0.3, -0.25) is 9.48 Å². The van der Waals surface area contributed by atoms with Crippen molar-refractivity contribution < 1.29 is 13.6 Å². The minimum absolute atomic E-state index is 0.161. The van der Waals surface area contributed by atoms with E-state index >= 15 is 0 Å². The average Bonchev–Trinajstić information content (AvgIpc) is 2.75. The predicted octanol–water partition coefficient (Wildman–Crippen LogP) is 3.58. The van der Waals surface area contributed by atoms with Crippen molar-refractivity contribution in [1.29, 1.82) is 0 Å². The molecule has 0 aromatic carbocycles. The third-order valence-corrected chi connectivity index (χ3v) is 4.13. The number of amides is 1. The minimum Gasteiger partial charge on any atom is -0.334 e. The van der Waals surface area contributed by atoms with Crippen molar-refractivity contribution in [2.45, 2.75) is 65.0 Å². The highest BCUT2D eigenvalue weighted by molar-refractivity contribution is 5.92. The smallest absolute Gasteiger partial charge is 0.272 e. The van der Waals surface area contributed by atoms with Crippen LogP contribution in [-0.4, -0.2) is 39.6 Å². The van der Waals surface area contributed by atoms with E-state index < -0.39 is 13.0 Å². The monoisotopic (exact) mass is 313 g/mol. The summed E-state index contributed by atoms with van der Waals surface area (Å²) in [6.45, 7) is 4.47. The number of halogens is 2. The largest absolute Gasteiger partial charge is 0.334 e. The summed E-state index contributed by atoms with van der Waals surface area (Å²) in [5, 5.41) is 3.87. The lowest BCUT2D eigenvalue weighted by Gasteiger charge is -2.31. The second kappa shape index (κ2) is 7.70. The fourth-order valence-corrected chi connectivity index (χ4v) is 3.17. The maximum Gasteiger partial charge on any atom is 0.272 e. The van der Waals surface area contributed by atoms with E-state index in [4.69, 9.17) is 0 Å². The zero-order valence-electron chi connectivity index (χ0n) is 13.3. The van der Waals surface area contributed by atoms with Gasteiger partial charge in [-0.25, -0.2) is 8.78 Å². The Kier molecular flexibility index (Phi) is 5.91. The van der Waals surface area contributed by atoms with E-state index in [1.165, 1.54) is 6.20 Å². The van der Waals surface area contributed by atoms with Gasteiger partial charge in [0.1, 0.15) is 12.2 Å². The lowest BCUT2D eigenvalue weighted by Crippen LogP contribution is -2.41. The Morgan fingerprint density at radius 3 is 2.82 bits per heavy atom. The molecule has 124 valence electrons. The third-order valence-electron chi connectivity index (χ3n) is 4.13. The van der Waals surface area contributed by atoms with Crippen LogP contribution < -0.4 is 0 Å². The van der Waals surface area contributed by atoms with Crippen LogP contribution in [0.3, 0.4) is 0 Å². The van der Waals surface area contributed by atoms with E-state index in [0.29, 0.717) is 12.5 Å². The lowest BCUT2D eigenvalue weighted by molar-refractivity contribution is 0.0637. The molecule has 2 rings (SSSR count). The van der Waals surface area contributed by atoms with Gasteiger partial charge in [0.05, 0.1) is 0 Å². The number of nitrogens with zero attached hydrogens (tertiary/aromatic N) is 3. The molecule has 0 N–H and O–H groups in total. The molecule has 0 aliphatic carbocycles. The number of hydrogen-bond donors (Lipinski definition) is 0. The van der Waals surface area contributed by atoms with Gasteiger partial charge in [-0.1, -0.05) is 26.7 Å². The van der Waals surface area contributed by atoms with Gasteiger partial charge < -0.3 is 4.90 Å². The molecule has 1 amide bonds. The molecule has 0 saturated carbocycles. The first kappa shape index (κ1) is 16.9. The van der Waals surface area contributed by atoms with Crippen LogP contribution in [-0.2, 0) is 6.54 Å². The van der Waals surface area contributed by atoms with Gasteiger partial charge in [-0.05, 0) is 31.2 Å². The van der Waals surface area contributed by atoms with Gasteiger partial charge in [-0.2, -0.15) is 5.10 Å². The van der Waals surface area contributed by atoms with Gasteiger partial charge in [0.2, 0.25) is 0 Å². The fraction of sp³-hybridized carbons (Fsp3) is 0.750. The summed E-state index contributed by atoms with van der Waals surface area (Å²) in [6, 6.07) is 1.74. The molecule has 0 radical (unpaired) electrons. The van der Waals surface area contributed by atoms with Crippen LogP contribution in [0.15, 0.2) is 12.3 Å². The van der Waals surface area contributed by atoms with Crippen LogP contribution >= 0.6 is 0 Å². The number of likely N-dealkylation sites (tertiary alicyclic amines) is 1. The van der Waals surface area contributed by atoms with Crippen LogP contribution in [0.4, 0.5) is 8.78 Å². The van der Waals surface area contributed by atoms with Crippen LogP contribution in [0.1, 0.15) is 56.4 Å². The molecule has 2 heterocycles. The second-order valence-electron chi connectivity index (χ2n) is 6.42. The predicted molar refractivity (Wildman–Crippen MR) is 81.0 cm³/mol. The molecular formula is C16H25F2N3O. The molecule has 0 spiro atoms. The summed E-state index contributed by atoms with van der Waals surface area (Å²) in [6.07, 6.45) is 4.07. The molecule has 1 aliphatic rings. The zero-order chi connectivity index (χ0) is 16.1. The average molecular weight is 313 g/mol. The van der Waals surface area contributed by atoms with Crippen molar-refractivity contribution in [3.8, 4) is 0 Å². The number of rotatable bonds is 5. The summed E-state index contributed by atoms with van der Waals surface area (Å²) in [5.74, 6) is 0.343. The Morgan fingerprint density at radius 2 is 2.14 bits per heavy atom. The number of aromatic nitrogens is 2. The van der Waals surface area contributed by atoms with Crippen molar-refractivity contribution in [2.24, 2.45) is 5.92 Å². The molecular weight excluding hydrogens is 288 g/mol. The van der Waals surface area contributed by atoms with E-state index in [0.717, 1.165) is 36.8 Å². The topological polar surface area (TPSA) is 38.1 Å². The molecule has 1 saturated heterocycles. The fourth-order valence-electron chi connectivity index (χ4n) is 3.17. The second-order valence-corrected chi connectivity index (χ2v) is 6.42. The summed E-state index contributed by atoms with van der Waals surface area (Å²) >= 11 is 0. The molecule has 0 bridgehead atoms. The highest BCUT2D eigenvalue weighted by Gasteiger charge is 2.29. The normalized spacial score (nSPS) is 19.7. The molecule has 1 aromatic rings. The maximum absolute atomic E-state index is 12.8. The number of carbonyl (C=O) groups is 1. The first-order valence-corrected chi connectivity index (χ1v) is 8.10. The Morgan fingerprint density at radius 1 is 1.36 bits per heavy atom. The van der Waals surface area contributed by atoms with Crippen molar-refractivity contribution >= 4 is 5.91 Å². The lowest BCUT2D eigenvalue weighted by atomic mass is 9.98. The molecule has 1 aliphatic heterocycles. The number of alkyl halides is 2. The van der Waals surface area contributed by atoms with Crippen molar-refractivity contribution in [2.75, 3.05) is 6.54 Å². The molecule has 6 heteroatoms. The molecule has 1 aromatic heterocycles. The number of carbonyl (C=O) groups excluding carboxylic acids is 1. The van der Waals surface area contributed by atoms with Crippen LogP contribution in [0.2, 0.25) is 0 Å². The molecule has 4 nitrogen and oxygen atoms in total. The standard InChI is InChI=1S/C16H25F2N3O/c1-12(2)10-13-6-4-3-5-9-20(13)16(22)14-7-8-19-21(14)11-15(17)18/h7-8,12-13,15H,3-6,9-11H2,1-2H3. The highest BCUT2D eigenvalue weighted by Crippen LogP contribution is 2.24. The van der Waals surface area contributed by atoms with E-state index in [1.54, 1.807) is 6.07 Å². The van der Waals surface area contributed by atoms with Crippen LogP contribution in [0, 0.1) is 5.92 Å². The quantitative estimate of drug-likeness (QED) is 0.833. The Labute approximate surface area is 130 Å². The molecule has 1 fully saturated rings. The van der Waals surface area contributed by atoms with Crippen molar-refractivity contribution in [3.63, 3.8) is 0 Å². The van der Waals surface area contributed by atoms with E-state index in [2.05, 4.69) is 18.9 Å². The first-order valence-electron chi connectivity index (χ1n) is 8.10. The van der Waals surface area contributed by atoms with Gasteiger partial charge >= 0.3 is 0 Å². The SMILES string of the molecule is CC(C)CC1CCCCCN1C(=O)c1ccnn1CC(F)F. The third kappa shape index (κ3) is 4.27.